The molecule has 3 aromatic carbocycles. The Bertz CT molecular complexity index is 856. The van der Waals surface area contributed by atoms with Crippen LogP contribution in [0.3, 0.4) is 0 Å². The van der Waals surface area contributed by atoms with Crippen molar-refractivity contribution in [2.24, 2.45) is 5.92 Å². The van der Waals surface area contributed by atoms with E-state index in [0.717, 1.165) is 18.0 Å². The molecular weight excluding hydrogens is 466 g/mol. The Morgan fingerprint density at radius 1 is 0.750 bits per heavy atom. The number of nitro groups is 1. The normalized spacial score (nSPS) is 9.31. The Kier molecular flexibility index (Phi) is 23.7. The lowest BCUT2D eigenvalue weighted by molar-refractivity contribution is -0.445. The molecule has 0 aliphatic carbocycles. The lowest BCUT2D eigenvalue weighted by atomic mass is 10.0. The van der Waals surface area contributed by atoms with Crippen molar-refractivity contribution in [3.05, 3.63) is 117 Å². The molecule has 0 aliphatic rings. The van der Waals surface area contributed by atoms with Gasteiger partial charge in [0.05, 0.1) is 0 Å². The van der Waals surface area contributed by atoms with Crippen molar-refractivity contribution < 1.29 is 4.92 Å². The van der Waals surface area contributed by atoms with Crippen LogP contribution in [0.4, 0.5) is 0 Å². The second kappa shape index (κ2) is 24.1. The van der Waals surface area contributed by atoms with E-state index in [9.17, 15) is 0 Å². The van der Waals surface area contributed by atoms with Gasteiger partial charge in [-0.1, -0.05) is 145 Å². The molecule has 0 unspecified atom stereocenters. The molecular formula is C32H48ClNO2. The van der Waals surface area contributed by atoms with E-state index in [2.05, 4.69) is 97.0 Å². The van der Waals surface area contributed by atoms with Crippen LogP contribution in [0.2, 0.25) is 5.02 Å². The van der Waals surface area contributed by atoms with E-state index in [1.807, 2.05) is 36.4 Å². The van der Waals surface area contributed by atoms with Gasteiger partial charge in [-0.2, -0.15) is 0 Å². The zero-order valence-electron chi connectivity index (χ0n) is 23.7. The third kappa shape index (κ3) is 26.0. The molecule has 0 amide bonds. The highest BCUT2D eigenvalue weighted by atomic mass is 35.5. The number of benzene rings is 3. The van der Waals surface area contributed by atoms with Gasteiger partial charge in [-0.15, -0.1) is 0 Å². The second-order valence-corrected chi connectivity index (χ2v) is 9.71. The van der Waals surface area contributed by atoms with Crippen LogP contribution in [-0.2, 0) is 0 Å². The molecule has 0 radical (unpaired) electrons. The molecule has 0 saturated carbocycles. The van der Waals surface area contributed by atoms with Gasteiger partial charge in [0, 0.05) is 9.95 Å². The molecule has 0 saturated heterocycles. The molecule has 3 aromatic rings. The van der Waals surface area contributed by atoms with E-state index < -0.39 is 4.92 Å². The van der Waals surface area contributed by atoms with Crippen LogP contribution in [0.5, 0.6) is 0 Å². The lowest BCUT2D eigenvalue weighted by Crippen LogP contribution is -1.85. The van der Waals surface area contributed by atoms with E-state index >= 15 is 0 Å². The molecule has 3 rings (SSSR count). The van der Waals surface area contributed by atoms with E-state index in [-0.39, 0.29) is 0 Å². The maximum atomic E-state index is 8.81. The maximum absolute atomic E-state index is 8.81. The maximum Gasteiger partial charge on any atom is 0.194 e. The molecule has 3 nitrogen and oxygen atoms in total. The van der Waals surface area contributed by atoms with Crippen LogP contribution in [0.25, 0.3) is 0 Å². The highest BCUT2D eigenvalue weighted by molar-refractivity contribution is 6.30. The number of nitrogens with zero attached hydrogens (tertiary/aromatic N) is 1. The molecule has 4 heteroatoms. The molecule has 0 N–H and O–H groups in total. The zero-order chi connectivity index (χ0) is 27.8. The van der Waals surface area contributed by atoms with Gasteiger partial charge in [0.15, 0.2) is 7.05 Å². The Morgan fingerprint density at radius 3 is 1.39 bits per heavy atom. The van der Waals surface area contributed by atoms with Crippen molar-refractivity contribution >= 4 is 11.6 Å². The summed E-state index contributed by atoms with van der Waals surface area (Å²) in [5.74, 6) is 1.56. The molecule has 0 heterocycles. The van der Waals surface area contributed by atoms with Crippen molar-refractivity contribution in [1.82, 2.24) is 0 Å². The Balaban J connectivity index is 0. The number of hydrogen-bond acceptors (Lipinski definition) is 2. The fraction of sp³-hybridized carbons (Fsp3) is 0.438. The van der Waals surface area contributed by atoms with Gasteiger partial charge >= 0.3 is 0 Å². The van der Waals surface area contributed by atoms with Gasteiger partial charge in [-0.05, 0) is 54.5 Å². The quantitative estimate of drug-likeness (QED) is 0.193. The third-order valence-electron chi connectivity index (χ3n) is 5.01. The van der Waals surface area contributed by atoms with Crippen LogP contribution in [0, 0.1) is 29.9 Å². The highest BCUT2D eigenvalue weighted by Gasteiger charge is 1.93. The first-order valence-corrected chi connectivity index (χ1v) is 13.2. The van der Waals surface area contributed by atoms with Gasteiger partial charge in [0.25, 0.3) is 0 Å². The Hall–Kier alpha value is -2.65. The summed E-state index contributed by atoms with van der Waals surface area (Å²) in [6.45, 7) is 15.5. The number of unbranched alkanes of at least 4 members (excludes halogenated alkanes) is 2. The summed E-state index contributed by atoms with van der Waals surface area (Å²) in [6, 6.07) is 28.3. The van der Waals surface area contributed by atoms with Crippen molar-refractivity contribution in [3.63, 3.8) is 0 Å². The monoisotopic (exact) mass is 513 g/mol. The van der Waals surface area contributed by atoms with Gasteiger partial charge in [0.2, 0.25) is 0 Å². The topological polar surface area (TPSA) is 43.1 Å². The predicted molar refractivity (Wildman–Crippen MR) is 160 cm³/mol. The molecule has 0 spiro atoms. The van der Waals surface area contributed by atoms with Crippen molar-refractivity contribution in [2.45, 2.75) is 80.1 Å². The average Bonchev–Trinajstić information content (AvgIpc) is 2.83. The van der Waals surface area contributed by atoms with Crippen molar-refractivity contribution in [1.29, 1.82) is 0 Å². The third-order valence-corrected chi connectivity index (χ3v) is 5.26. The summed E-state index contributed by atoms with van der Waals surface area (Å²) in [6.07, 6.45) is 5.60. The van der Waals surface area contributed by atoms with E-state index in [4.69, 9.17) is 21.7 Å². The SMILES string of the molecule is CC(C)c1ccccc1.CCCCCC(C)C.C[N+](=O)[O-].Cc1ccccc1C.Clc1ccccc1. The first-order valence-electron chi connectivity index (χ1n) is 12.9. The molecule has 36 heavy (non-hydrogen) atoms. The molecule has 0 bridgehead atoms. The summed E-state index contributed by atoms with van der Waals surface area (Å²) >= 11 is 5.54. The van der Waals surface area contributed by atoms with Gasteiger partial charge < -0.3 is 0 Å². The number of aryl methyl sites for hydroxylation is 2. The molecule has 0 atom stereocenters. The minimum atomic E-state index is -0.500. The van der Waals surface area contributed by atoms with Crippen LogP contribution in [0.15, 0.2) is 84.9 Å². The highest BCUT2D eigenvalue weighted by Crippen LogP contribution is 2.11. The minimum Gasteiger partial charge on any atom is -0.265 e. The van der Waals surface area contributed by atoms with Gasteiger partial charge in [-0.25, -0.2) is 0 Å². The number of halogens is 1. The first kappa shape index (κ1) is 35.5. The van der Waals surface area contributed by atoms with Crippen molar-refractivity contribution in [3.8, 4) is 0 Å². The summed E-state index contributed by atoms with van der Waals surface area (Å²) in [5.41, 5.74) is 4.15. The summed E-state index contributed by atoms with van der Waals surface area (Å²) in [4.78, 5) is 8.31. The van der Waals surface area contributed by atoms with E-state index in [1.54, 1.807) is 0 Å². The number of hydrogen-bond donors (Lipinski definition) is 0. The fourth-order valence-corrected chi connectivity index (χ4v) is 2.86. The van der Waals surface area contributed by atoms with Gasteiger partial charge in [-0.3, -0.25) is 10.1 Å². The largest absolute Gasteiger partial charge is 0.265 e. The van der Waals surface area contributed by atoms with Crippen LogP contribution in [-0.4, -0.2) is 12.0 Å². The van der Waals surface area contributed by atoms with Crippen LogP contribution in [0.1, 0.15) is 82.9 Å². The van der Waals surface area contributed by atoms with Crippen molar-refractivity contribution in [2.75, 3.05) is 7.05 Å². The lowest BCUT2D eigenvalue weighted by Gasteiger charge is -2.01. The second-order valence-electron chi connectivity index (χ2n) is 9.27. The first-order chi connectivity index (χ1) is 17.0. The zero-order valence-corrected chi connectivity index (χ0v) is 24.5. The number of rotatable bonds is 5. The summed E-state index contributed by atoms with van der Waals surface area (Å²) in [7, 11) is 0.889. The van der Waals surface area contributed by atoms with E-state index in [0.29, 0.717) is 5.92 Å². The fourth-order valence-electron chi connectivity index (χ4n) is 2.72. The molecule has 200 valence electrons. The summed E-state index contributed by atoms with van der Waals surface area (Å²) < 4.78 is 0. The minimum absolute atomic E-state index is 0.500. The van der Waals surface area contributed by atoms with E-state index in [1.165, 1.54) is 42.4 Å². The predicted octanol–water partition coefficient (Wildman–Crippen LogP) is 10.6. The Labute approximate surface area is 226 Å². The average molecular weight is 514 g/mol. The van der Waals surface area contributed by atoms with Gasteiger partial charge in [0.1, 0.15) is 0 Å². The summed E-state index contributed by atoms with van der Waals surface area (Å²) in [5, 5.41) is 9.60. The van der Waals surface area contributed by atoms with Crippen LogP contribution >= 0.6 is 11.6 Å². The standard InChI is InChI=1S/C9H12.C8H10.C8H18.C6H5Cl.CH3NO2/c1-8(2)9-6-4-3-5-7-9;1-7-5-3-4-6-8(7)2;1-4-5-6-7-8(2)3;7-6-4-2-1-3-5-6;1-2(3)4/h3-8H,1-2H3;3-6H,1-2H3;8H,4-7H2,1-3H3;1-5H;1H3. The molecule has 0 aliphatic heterocycles. The smallest absolute Gasteiger partial charge is 0.194 e. The molecule has 0 aromatic heterocycles. The van der Waals surface area contributed by atoms with Crippen LogP contribution < -0.4 is 0 Å². The Morgan fingerprint density at radius 2 is 1.14 bits per heavy atom. The molecule has 0 fully saturated rings.